The normalized spacial score (nSPS) is 15.9. The predicted octanol–water partition coefficient (Wildman–Crippen LogP) is 7.61. The lowest BCUT2D eigenvalue weighted by atomic mass is 9.83. The van der Waals surface area contributed by atoms with Gasteiger partial charge in [0.15, 0.2) is 8.32 Å². The minimum Gasteiger partial charge on any atom is -0.418 e. The van der Waals surface area contributed by atoms with E-state index in [1.807, 2.05) is 4.57 Å². The van der Waals surface area contributed by atoms with Crippen molar-refractivity contribution in [2.24, 2.45) is 0 Å². The monoisotopic (exact) mass is 577 g/mol. The van der Waals surface area contributed by atoms with Gasteiger partial charge in [0, 0.05) is 11.5 Å². The van der Waals surface area contributed by atoms with Gasteiger partial charge in [-0.05, 0) is 38.9 Å². The van der Waals surface area contributed by atoms with Gasteiger partial charge >= 0.3 is 7.25 Å². The molecule has 1 aromatic heterocycles. The number of fused-ring (bicyclic) bond motifs is 1. The Labute approximate surface area is 217 Å². The van der Waals surface area contributed by atoms with Gasteiger partial charge in [-0.3, -0.25) is 0 Å². The number of hydrogen-bond donors (Lipinski definition) is 0. The molecule has 3 rings (SSSR count). The fourth-order valence-corrected chi connectivity index (χ4v) is 6.40. The first-order valence-corrected chi connectivity index (χ1v) is 16.0. The van der Waals surface area contributed by atoms with E-state index in [1.165, 1.54) is 6.33 Å². The third kappa shape index (κ3) is 7.76. The lowest BCUT2D eigenvalue weighted by molar-refractivity contribution is -0.731. The zero-order chi connectivity index (χ0) is 29.1. The molecule has 1 aliphatic rings. The fourth-order valence-electron chi connectivity index (χ4n) is 4.84. The average Bonchev–Trinajstić information content (AvgIpc) is 3.37. The lowest BCUT2D eigenvalue weighted by Gasteiger charge is -2.43. The first-order chi connectivity index (χ1) is 17.5. The molecule has 0 spiro atoms. The minimum absolute atomic E-state index is 0.132. The molecule has 0 radical (unpaired) electrons. The van der Waals surface area contributed by atoms with Crippen molar-refractivity contribution in [3.8, 4) is 5.69 Å². The van der Waals surface area contributed by atoms with Gasteiger partial charge in [0.2, 0.25) is 41.1 Å². The molecule has 15 heteroatoms. The highest BCUT2D eigenvalue weighted by Gasteiger charge is 2.49. The Kier molecular flexibility index (Phi) is 10.5. The number of unbranched alkanes of at least 4 members (excludes halogenated alkanes) is 2. The average molecular weight is 577 g/mol. The molecule has 0 bridgehead atoms. The van der Waals surface area contributed by atoms with Crippen molar-refractivity contribution in [2.45, 2.75) is 96.5 Å². The SMILES string of the molecule is CCCCC(CCCC)(O[Si](C)(C)C)[C@@H]1CCc2nn(-c3c(F)c(F)c(F)c(F)c3F)c[n+]21.F[B-](F)(F)F. The summed E-state index contributed by atoms with van der Waals surface area (Å²) in [4.78, 5) is 0. The van der Waals surface area contributed by atoms with Crippen LogP contribution in [0.2, 0.25) is 19.6 Å². The molecule has 0 saturated heterocycles. The van der Waals surface area contributed by atoms with Crippen LogP contribution in [0.5, 0.6) is 0 Å². The smallest absolute Gasteiger partial charge is 0.418 e. The van der Waals surface area contributed by atoms with Gasteiger partial charge in [-0.15, -0.1) is 0 Å². The van der Waals surface area contributed by atoms with E-state index in [4.69, 9.17) is 4.43 Å². The molecule has 2 heterocycles. The first kappa shape index (κ1) is 32.2. The maximum Gasteiger partial charge on any atom is 0.673 e. The molecule has 1 atom stereocenters. The quantitative estimate of drug-likeness (QED) is 0.0957. The van der Waals surface area contributed by atoms with Crippen LogP contribution in [0.15, 0.2) is 6.33 Å². The molecule has 1 aliphatic heterocycles. The van der Waals surface area contributed by atoms with Gasteiger partial charge in [0.1, 0.15) is 6.04 Å². The van der Waals surface area contributed by atoms with Crippen molar-refractivity contribution < 1.29 is 48.2 Å². The molecule has 0 unspecified atom stereocenters. The molecule has 38 heavy (non-hydrogen) atoms. The number of aromatic nitrogens is 3. The third-order valence-electron chi connectivity index (χ3n) is 6.17. The largest absolute Gasteiger partial charge is 0.673 e. The molecule has 0 fully saturated rings. The minimum atomic E-state index is -6.00. The second-order valence-electron chi connectivity index (χ2n) is 10.3. The summed E-state index contributed by atoms with van der Waals surface area (Å²) in [5.74, 6) is -9.40. The molecule has 0 saturated carbocycles. The van der Waals surface area contributed by atoms with E-state index >= 15 is 0 Å². The zero-order valence-electron chi connectivity index (χ0n) is 22.0. The van der Waals surface area contributed by atoms with Gasteiger partial charge in [-0.25, -0.2) is 17.7 Å². The topological polar surface area (TPSA) is 30.9 Å². The van der Waals surface area contributed by atoms with E-state index in [2.05, 4.69) is 38.6 Å². The standard InChI is InChI=1S/C23H33F5N3OSi.BF4/c1-6-8-12-23(13-9-7-2,32-33(3,4)5)15-10-11-16-29-31(14-30(15)16)22-20(27)18(25)17(24)19(26)21(22)28;2-1(3,4)5/h14-15H,6-13H2,1-5H3;/q+1;-1/t15-;/m0./s1. The number of hydrogen-bond acceptors (Lipinski definition) is 2. The van der Waals surface area contributed by atoms with Crippen LogP contribution in [0.1, 0.15) is 70.7 Å². The van der Waals surface area contributed by atoms with Gasteiger partial charge in [0.25, 0.3) is 5.82 Å². The highest BCUT2D eigenvalue weighted by Crippen LogP contribution is 2.41. The van der Waals surface area contributed by atoms with Gasteiger partial charge in [0.05, 0.1) is 5.60 Å². The van der Waals surface area contributed by atoms with E-state index in [-0.39, 0.29) is 6.04 Å². The van der Waals surface area contributed by atoms with E-state index in [0.717, 1.165) is 49.6 Å². The second-order valence-corrected chi connectivity index (χ2v) is 14.8. The summed E-state index contributed by atoms with van der Waals surface area (Å²) in [6, 6.07) is -0.132. The van der Waals surface area contributed by atoms with Crippen molar-refractivity contribution in [1.29, 1.82) is 0 Å². The summed E-state index contributed by atoms with van der Waals surface area (Å²) in [5.41, 5.74) is -1.54. The van der Waals surface area contributed by atoms with Gasteiger partial charge < -0.3 is 21.7 Å². The highest BCUT2D eigenvalue weighted by atomic mass is 28.4. The van der Waals surface area contributed by atoms with Gasteiger partial charge in [-0.2, -0.15) is 8.78 Å². The van der Waals surface area contributed by atoms with Gasteiger partial charge in [-0.1, -0.05) is 44.2 Å². The summed E-state index contributed by atoms with van der Waals surface area (Å²) >= 11 is 0. The summed E-state index contributed by atoms with van der Waals surface area (Å²) in [7, 11) is -7.98. The van der Waals surface area contributed by atoms with Crippen LogP contribution in [0.3, 0.4) is 0 Å². The highest BCUT2D eigenvalue weighted by molar-refractivity contribution is 6.69. The molecule has 1 aromatic carbocycles. The summed E-state index contributed by atoms with van der Waals surface area (Å²) < 4.78 is 118. The lowest BCUT2D eigenvalue weighted by Crippen LogP contribution is -2.56. The van der Waals surface area contributed by atoms with Crippen LogP contribution in [0.25, 0.3) is 5.69 Å². The molecular formula is C23H33BF9N3OSi. The van der Waals surface area contributed by atoms with Crippen LogP contribution in [-0.4, -0.2) is 31.0 Å². The van der Waals surface area contributed by atoms with Crippen LogP contribution in [-0.2, 0) is 10.8 Å². The van der Waals surface area contributed by atoms with E-state index in [0.29, 0.717) is 12.2 Å². The fraction of sp³-hybridized carbons (Fsp3) is 0.652. The maximum absolute atomic E-state index is 14.4. The number of rotatable bonds is 10. The summed E-state index contributed by atoms with van der Waals surface area (Å²) in [6.45, 7) is 10.6. The summed E-state index contributed by atoms with van der Waals surface area (Å²) in [6.07, 6.45) is 8.22. The van der Waals surface area contributed by atoms with E-state index < -0.39 is 55.9 Å². The Morgan fingerprint density at radius 3 is 1.79 bits per heavy atom. The Balaban J connectivity index is 0.000000926. The van der Waals surface area contributed by atoms with Crippen molar-refractivity contribution in [1.82, 2.24) is 9.78 Å². The van der Waals surface area contributed by atoms with E-state index in [9.17, 15) is 39.2 Å². The van der Waals surface area contributed by atoms with Crippen LogP contribution in [0.4, 0.5) is 39.2 Å². The van der Waals surface area contributed by atoms with Crippen LogP contribution >= 0.6 is 0 Å². The Bertz CT molecular complexity index is 1060. The second kappa shape index (κ2) is 12.4. The third-order valence-corrected chi connectivity index (χ3v) is 7.19. The molecule has 4 nitrogen and oxygen atoms in total. The zero-order valence-corrected chi connectivity index (χ0v) is 23.0. The van der Waals surface area contributed by atoms with Crippen LogP contribution in [0, 0.1) is 29.1 Å². The van der Waals surface area contributed by atoms with E-state index in [1.54, 1.807) is 0 Å². The molecule has 0 aliphatic carbocycles. The predicted molar refractivity (Wildman–Crippen MR) is 127 cm³/mol. The number of benzene rings is 1. The van der Waals surface area contributed by atoms with Crippen molar-refractivity contribution in [3.63, 3.8) is 0 Å². The first-order valence-electron chi connectivity index (χ1n) is 12.5. The Morgan fingerprint density at radius 2 is 1.37 bits per heavy atom. The number of nitrogens with zero attached hydrogens (tertiary/aromatic N) is 3. The molecular weight excluding hydrogens is 544 g/mol. The van der Waals surface area contributed by atoms with Crippen molar-refractivity contribution in [2.75, 3.05) is 0 Å². The number of halogens is 9. The van der Waals surface area contributed by atoms with Crippen LogP contribution < -0.4 is 4.57 Å². The molecule has 2 aromatic rings. The van der Waals surface area contributed by atoms with Crippen molar-refractivity contribution >= 4 is 15.6 Å². The Hall–Kier alpha value is -2.03. The Morgan fingerprint density at radius 1 is 0.921 bits per heavy atom. The molecule has 0 amide bonds. The number of aryl methyl sites for hydroxylation is 1. The molecule has 216 valence electrons. The van der Waals surface area contributed by atoms with Crippen molar-refractivity contribution in [3.05, 3.63) is 41.2 Å². The summed E-state index contributed by atoms with van der Waals surface area (Å²) in [5, 5.41) is 4.22. The maximum atomic E-state index is 14.4. The molecule has 0 N–H and O–H groups in total.